The SMILES string of the molecule is COCC1(C(=O)O)CCCN(C(=O)c2c(F)ccc(OC)c2OC)C1. The van der Waals surface area contributed by atoms with Crippen molar-refractivity contribution in [2.24, 2.45) is 5.41 Å². The zero-order valence-corrected chi connectivity index (χ0v) is 14.5. The molecule has 1 unspecified atom stereocenters. The van der Waals surface area contributed by atoms with Gasteiger partial charge in [0.25, 0.3) is 5.91 Å². The van der Waals surface area contributed by atoms with Crippen molar-refractivity contribution in [3.63, 3.8) is 0 Å². The molecule has 0 aromatic heterocycles. The van der Waals surface area contributed by atoms with Crippen LogP contribution in [-0.4, -0.2) is 62.9 Å². The van der Waals surface area contributed by atoms with Crippen LogP contribution in [0, 0.1) is 11.2 Å². The fraction of sp³-hybridized carbons (Fsp3) is 0.529. The topological polar surface area (TPSA) is 85.3 Å². The number of ether oxygens (including phenoxy) is 3. The zero-order chi connectivity index (χ0) is 18.6. The number of carboxylic acids is 1. The first kappa shape index (κ1) is 19.0. The lowest BCUT2D eigenvalue weighted by molar-refractivity contribution is -0.155. The van der Waals surface area contributed by atoms with Crippen LogP contribution in [0.15, 0.2) is 12.1 Å². The molecule has 1 aromatic carbocycles. The molecule has 138 valence electrons. The van der Waals surface area contributed by atoms with Gasteiger partial charge < -0.3 is 24.2 Å². The van der Waals surface area contributed by atoms with Crippen molar-refractivity contribution >= 4 is 11.9 Å². The monoisotopic (exact) mass is 355 g/mol. The maximum absolute atomic E-state index is 14.3. The van der Waals surface area contributed by atoms with Crippen molar-refractivity contribution in [3.8, 4) is 11.5 Å². The number of nitrogens with zero attached hydrogens (tertiary/aromatic N) is 1. The highest BCUT2D eigenvalue weighted by Gasteiger charge is 2.44. The van der Waals surface area contributed by atoms with Crippen LogP contribution in [0.25, 0.3) is 0 Å². The minimum Gasteiger partial charge on any atom is -0.493 e. The molecule has 1 atom stereocenters. The Morgan fingerprint density at radius 2 is 2.00 bits per heavy atom. The number of carbonyl (C=O) groups excluding carboxylic acids is 1. The van der Waals surface area contributed by atoms with E-state index in [0.717, 1.165) is 6.07 Å². The third-order valence-corrected chi connectivity index (χ3v) is 4.45. The summed E-state index contributed by atoms with van der Waals surface area (Å²) in [4.78, 5) is 26.0. The van der Waals surface area contributed by atoms with E-state index in [2.05, 4.69) is 0 Å². The van der Waals surface area contributed by atoms with Gasteiger partial charge in [0.2, 0.25) is 0 Å². The Balaban J connectivity index is 2.39. The van der Waals surface area contributed by atoms with E-state index in [1.165, 1.54) is 32.3 Å². The fourth-order valence-corrected chi connectivity index (χ4v) is 3.20. The summed E-state index contributed by atoms with van der Waals surface area (Å²) in [5.41, 5.74) is -1.47. The predicted molar refractivity (Wildman–Crippen MR) is 86.6 cm³/mol. The second-order valence-electron chi connectivity index (χ2n) is 6.01. The Labute approximate surface area is 145 Å². The highest BCUT2D eigenvalue weighted by atomic mass is 19.1. The molecule has 1 saturated heterocycles. The third-order valence-electron chi connectivity index (χ3n) is 4.45. The van der Waals surface area contributed by atoms with E-state index in [1.807, 2.05) is 0 Å². The normalized spacial score (nSPS) is 20.2. The van der Waals surface area contributed by atoms with Crippen LogP contribution in [0.4, 0.5) is 4.39 Å². The van der Waals surface area contributed by atoms with E-state index in [-0.39, 0.29) is 30.2 Å². The van der Waals surface area contributed by atoms with Crippen LogP contribution in [0.2, 0.25) is 0 Å². The molecule has 0 bridgehead atoms. The zero-order valence-electron chi connectivity index (χ0n) is 14.5. The number of carboxylic acid groups (broad SMARTS) is 1. The number of likely N-dealkylation sites (tertiary alicyclic amines) is 1. The Morgan fingerprint density at radius 3 is 2.56 bits per heavy atom. The Hall–Kier alpha value is -2.35. The number of rotatable bonds is 6. The number of halogens is 1. The van der Waals surface area contributed by atoms with Crippen molar-refractivity contribution in [2.45, 2.75) is 12.8 Å². The lowest BCUT2D eigenvalue weighted by atomic mass is 9.80. The summed E-state index contributed by atoms with van der Waals surface area (Å²) in [6.45, 7) is 0.246. The molecule has 1 heterocycles. The standard InChI is InChI=1S/C17H22FNO6/c1-23-10-17(16(21)22)7-4-8-19(9-17)15(20)13-11(18)5-6-12(24-2)14(13)25-3/h5-6H,4,7-10H2,1-3H3,(H,21,22). The van der Waals surface area contributed by atoms with Gasteiger partial charge in [-0.05, 0) is 25.0 Å². The minimum atomic E-state index is -1.20. The summed E-state index contributed by atoms with van der Waals surface area (Å²) in [6, 6.07) is 2.49. The highest BCUT2D eigenvalue weighted by Crippen LogP contribution is 2.36. The van der Waals surface area contributed by atoms with Gasteiger partial charge in [-0.3, -0.25) is 9.59 Å². The second kappa shape index (κ2) is 7.69. The van der Waals surface area contributed by atoms with Crippen LogP contribution in [-0.2, 0) is 9.53 Å². The van der Waals surface area contributed by atoms with Crippen molar-refractivity contribution < 1.29 is 33.3 Å². The van der Waals surface area contributed by atoms with Crippen LogP contribution < -0.4 is 9.47 Å². The number of hydrogen-bond acceptors (Lipinski definition) is 5. The summed E-state index contributed by atoms with van der Waals surface area (Å²) in [5.74, 6) is -2.20. The van der Waals surface area contributed by atoms with Gasteiger partial charge in [0.15, 0.2) is 11.5 Å². The first-order chi connectivity index (χ1) is 11.9. The Morgan fingerprint density at radius 1 is 1.28 bits per heavy atom. The summed E-state index contributed by atoms with van der Waals surface area (Å²) in [5, 5.41) is 9.59. The number of hydrogen-bond donors (Lipinski definition) is 1. The van der Waals surface area contributed by atoms with Gasteiger partial charge in [-0.15, -0.1) is 0 Å². The van der Waals surface area contributed by atoms with Crippen molar-refractivity contribution in [1.82, 2.24) is 4.90 Å². The number of carbonyl (C=O) groups is 2. The van der Waals surface area contributed by atoms with E-state index in [1.54, 1.807) is 0 Å². The van der Waals surface area contributed by atoms with E-state index in [0.29, 0.717) is 19.4 Å². The number of amides is 1. The molecule has 25 heavy (non-hydrogen) atoms. The molecule has 7 nitrogen and oxygen atoms in total. The molecule has 0 spiro atoms. The van der Waals surface area contributed by atoms with E-state index < -0.39 is 23.1 Å². The summed E-state index contributed by atoms with van der Waals surface area (Å²) in [7, 11) is 4.12. The Kier molecular flexibility index (Phi) is 5.84. The molecule has 0 radical (unpaired) electrons. The molecule has 1 amide bonds. The maximum Gasteiger partial charge on any atom is 0.313 e. The molecule has 8 heteroatoms. The van der Waals surface area contributed by atoms with Crippen molar-refractivity contribution in [1.29, 1.82) is 0 Å². The van der Waals surface area contributed by atoms with Gasteiger partial charge in [0.05, 0.1) is 20.8 Å². The summed E-state index contributed by atoms with van der Waals surface area (Å²) < 4.78 is 29.6. The number of aliphatic carboxylic acids is 1. The van der Waals surface area contributed by atoms with E-state index in [4.69, 9.17) is 14.2 Å². The van der Waals surface area contributed by atoms with Crippen LogP contribution in [0.1, 0.15) is 23.2 Å². The molecule has 1 aliphatic rings. The summed E-state index contributed by atoms with van der Waals surface area (Å²) in [6.07, 6.45) is 0.868. The van der Waals surface area contributed by atoms with Gasteiger partial charge in [-0.25, -0.2) is 4.39 Å². The van der Waals surface area contributed by atoms with E-state index >= 15 is 0 Å². The lowest BCUT2D eigenvalue weighted by Crippen LogP contribution is -2.52. The van der Waals surface area contributed by atoms with Crippen molar-refractivity contribution in [3.05, 3.63) is 23.5 Å². The first-order valence-corrected chi connectivity index (χ1v) is 7.82. The van der Waals surface area contributed by atoms with Crippen LogP contribution in [0.5, 0.6) is 11.5 Å². The molecule has 0 aliphatic carbocycles. The highest BCUT2D eigenvalue weighted by molar-refractivity contribution is 5.98. The molecule has 1 aliphatic heterocycles. The second-order valence-corrected chi connectivity index (χ2v) is 6.01. The number of methoxy groups -OCH3 is 3. The van der Waals surface area contributed by atoms with Crippen LogP contribution in [0.3, 0.4) is 0 Å². The minimum absolute atomic E-state index is 0.00857. The number of benzene rings is 1. The van der Waals surface area contributed by atoms with E-state index in [9.17, 15) is 19.1 Å². The molecule has 1 fully saturated rings. The lowest BCUT2D eigenvalue weighted by Gasteiger charge is -2.39. The van der Waals surface area contributed by atoms with Gasteiger partial charge in [-0.1, -0.05) is 0 Å². The maximum atomic E-state index is 14.3. The summed E-state index contributed by atoms with van der Waals surface area (Å²) >= 11 is 0. The molecule has 0 saturated carbocycles. The predicted octanol–water partition coefficient (Wildman–Crippen LogP) is 1.80. The average molecular weight is 355 g/mol. The smallest absolute Gasteiger partial charge is 0.313 e. The molecule has 1 N–H and O–H groups in total. The molecular formula is C17H22FNO6. The quantitative estimate of drug-likeness (QED) is 0.837. The average Bonchev–Trinajstić information content (AvgIpc) is 2.61. The Bertz CT molecular complexity index is 661. The van der Waals surface area contributed by atoms with Gasteiger partial charge >= 0.3 is 5.97 Å². The molecule has 2 rings (SSSR count). The van der Waals surface area contributed by atoms with Crippen LogP contribution >= 0.6 is 0 Å². The van der Waals surface area contributed by atoms with Gasteiger partial charge in [0, 0.05) is 20.2 Å². The van der Waals surface area contributed by atoms with Gasteiger partial charge in [-0.2, -0.15) is 0 Å². The van der Waals surface area contributed by atoms with Crippen molar-refractivity contribution in [2.75, 3.05) is 41.0 Å². The first-order valence-electron chi connectivity index (χ1n) is 7.82. The fourth-order valence-electron chi connectivity index (χ4n) is 3.20. The number of piperidine rings is 1. The van der Waals surface area contributed by atoms with Gasteiger partial charge in [0.1, 0.15) is 16.8 Å². The third kappa shape index (κ3) is 3.53. The largest absolute Gasteiger partial charge is 0.493 e. The molecule has 1 aromatic rings. The molecular weight excluding hydrogens is 333 g/mol.